The number of pyridine rings is 1. The minimum atomic E-state index is -0.507. The van der Waals surface area contributed by atoms with Crippen LogP contribution in [0.5, 0.6) is 0 Å². The smallest absolute Gasteiger partial charge is 0.268 e. The fraction of sp³-hybridized carbons (Fsp3) is 0.450. The van der Waals surface area contributed by atoms with Gasteiger partial charge in [0, 0.05) is 37.7 Å². The number of aromatic nitrogens is 2. The Morgan fingerprint density at radius 1 is 1.22 bits per heavy atom. The van der Waals surface area contributed by atoms with Crippen LogP contribution in [0.4, 0.5) is 0 Å². The summed E-state index contributed by atoms with van der Waals surface area (Å²) in [5, 5.41) is 6.20. The van der Waals surface area contributed by atoms with Gasteiger partial charge < -0.3 is 15.4 Å². The molecule has 0 aromatic carbocycles. The Kier molecular flexibility index (Phi) is 4.94. The molecule has 1 aliphatic heterocycles. The molecule has 0 bridgehead atoms. The average molecular weight is 368 g/mol. The molecule has 0 radical (unpaired) electrons. The van der Waals surface area contributed by atoms with E-state index in [0.29, 0.717) is 38.3 Å². The van der Waals surface area contributed by atoms with Crippen LogP contribution in [0.3, 0.4) is 0 Å². The summed E-state index contributed by atoms with van der Waals surface area (Å²) < 4.78 is 7.25. The number of carbonyl (C=O) groups excluding carboxylic acids is 2. The van der Waals surface area contributed by atoms with Gasteiger partial charge in [0.2, 0.25) is 5.91 Å². The van der Waals surface area contributed by atoms with Crippen molar-refractivity contribution >= 4 is 17.5 Å². The molecule has 2 aliphatic rings. The number of ether oxygens (including phenoxy) is 1. The summed E-state index contributed by atoms with van der Waals surface area (Å²) in [4.78, 5) is 29.6. The van der Waals surface area contributed by atoms with Crippen LogP contribution < -0.4 is 10.6 Å². The summed E-state index contributed by atoms with van der Waals surface area (Å²) in [5.41, 5.74) is 1.60. The molecule has 2 aromatic rings. The van der Waals surface area contributed by atoms with Gasteiger partial charge in [-0.2, -0.15) is 0 Å². The van der Waals surface area contributed by atoms with Crippen LogP contribution in [0, 0.1) is 0 Å². The molecule has 4 rings (SSSR count). The summed E-state index contributed by atoms with van der Waals surface area (Å²) >= 11 is 0. The van der Waals surface area contributed by atoms with Gasteiger partial charge in [-0.05, 0) is 44.2 Å². The number of amides is 2. The molecule has 2 aromatic heterocycles. The highest BCUT2D eigenvalue weighted by Gasteiger charge is 2.35. The highest BCUT2D eigenvalue weighted by atomic mass is 16.5. The maximum Gasteiger partial charge on any atom is 0.268 e. The van der Waals surface area contributed by atoms with Crippen molar-refractivity contribution in [2.24, 2.45) is 0 Å². The van der Waals surface area contributed by atoms with Crippen LogP contribution in [0.15, 0.2) is 42.2 Å². The first-order valence-corrected chi connectivity index (χ1v) is 9.46. The van der Waals surface area contributed by atoms with Gasteiger partial charge in [0.15, 0.2) is 0 Å². The Morgan fingerprint density at radius 2 is 2.07 bits per heavy atom. The van der Waals surface area contributed by atoms with Crippen molar-refractivity contribution in [3.8, 4) is 0 Å². The summed E-state index contributed by atoms with van der Waals surface area (Å²) in [6.45, 7) is 1.53. The van der Waals surface area contributed by atoms with E-state index in [9.17, 15) is 9.59 Å². The van der Waals surface area contributed by atoms with E-state index in [4.69, 9.17) is 4.74 Å². The maximum atomic E-state index is 13.0. The van der Waals surface area contributed by atoms with Gasteiger partial charge in [-0.25, -0.2) is 4.98 Å². The lowest BCUT2D eigenvalue weighted by atomic mass is 9.89. The van der Waals surface area contributed by atoms with Gasteiger partial charge in [-0.1, -0.05) is 12.1 Å². The van der Waals surface area contributed by atoms with Crippen molar-refractivity contribution in [1.29, 1.82) is 0 Å². The van der Waals surface area contributed by atoms with Crippen LogP contribution in [0.25, 0.3) is 5.65 Å². The number of nitrogens with one attached hydrogen (secondary N) is 2. The Bertz CT molecular complexity index is 880. The van der Waals surface area contributed by atoms with Crippen molar-refractivity contribution in [3.63, 3.8) is 0 Å². The van der Waals surface area contributed by atoms with E-state index in [0.717, 1.165) is 30.5 Å². The molecule has 1 fully saturated rings. The topological polar surface area (TPSA) is 84.7 Å². The Hall–Kier alpha value is -2.67. The summed E-state index contributed by atoms with van der Waals surface area (Å²) in [7, 11) is 0. The number of rotatable bonds is 5. The quantitative estimate of drug-likeness (QED) is 0.843. The number of hydrogen-bond donors (Lipinski definition) is 2. The fourth-order valence-electron chi connectivity index (χ4n) is 3.79. The molecule has 1 aliphatic carbocycles. The highest BCUT2D eigenvalue weighted by molar-refractivity contribution is 5.95. The molecule has 27 heavy (non-hydrogen) atoms. The molecule has 2 amide bonds. The first-order chi connectivity index (χ1) is 13.2. The molecule has 0 atom stereocenters. The lowest BCUT2D eigenvalue weighted by Gasteiger charge is -2.38. The van der Waals surface area contributed by atoms with Crippen LogP contribution in [0.2, 0.25) is 0 Å². The average Bonchev–Trinajstić information content (AvgIpc) is 3.38. The molecule has 0 unspecified atom stereocenters. The SMILES string of the molecule is O=C(NCC1(NC(=O)c2cccc3nccn23)CCOCC1)C1=CCCC1. The number of nitrogens with zero attached hydrogens (tertiary/aromatic N) is 2. The van der Waals surface area contributed by atoms with Crippen molar-refractivity contribution in [2.45, 2.75) is 37.6 Å². The second kappa shape index (κ2) is 7.52. The number of carbonyl (C=O) groups is 2. The number of imidazole rings is 1. The van der Waals surface area contributed by atoms with Crippen LogP contribution in [0.1, 0.15) is 42.6 Å². The predicted octanol–water partition coefficient (Wildman–Crippen LogP) is 1.84. The first kappa shape index (κ1) is 17.7. The molecule has 7 nitrogen and oxygen atoms in total. The van der Waals surface area contributed by atoms with E-state index in [1.54, 1.807) is 22.9 Å². The molecule has 0 spiro atoms. The van der Waals surface area contributed by atoms with E-state index in [2.05, 4.69) is 15.6 Å². The first-order valence-electron chi connectivity index (χ1n) is 9.46. The predicted molar refractivity (Wildman–Crippen MR) is 100 cm³/mol. The van der Waals surface area contributed by atoms with Crippen molar-refractivity contribution in [2.75, 3.05) is 19.8 Å². The van der Waals surface area contributed by atoms with E-state index in [1.165, 1.54) is 0 Å². The minimum Gasteiger partial charge on any atom is -0.381 e. The molecule has 1 saturated heterocycles. The minimum absolute atomic E-state index is 0.0238. The maximum absolute atomic E-state index is 13.0. The zero-order chi connectivity index (χ0) is 18.7. The van der Waals surface area contributed by atoms with Crippen LogP contribution in [-0.4, -0.2) is 46.5 Å². The lowest BCUT2D eigenvalue weighted by Crippen LogP contribution is -2.58. The highest BCUT2D eigenvalue weighted by Crippen LogP contribution is 2.22. The van der Waals surface area contributed by atoms with Gasteiger partial charge in [-0.3, -0.25) is 14.0 Å². The fourth-order valence-corrected chi connectivity index (χ4v) is 3.79. The summed E-state index contributed by atoms with van der Waals surface area (Å²) in [6, 6.07) is 5.46. The zero-order valence-corrected chi connectivity index (χ0v) is 15.2. The second-order valence-corrected chi connectivity index (χ2v) is 7.22. The molecule has 7 heteroatoms. The molecule has 0 saturated carbocycles. The van der Waals surface area contributed by atoms with E-state index < -0.39 is 5.54 Å². The largest absolute Gasteiger partial charge is 0.381 e. The lowest BCUT2D eigenvalue weighted by molar-refractivity contribution is -0.118. The third-order valence-electron chi connectivity index (χ3n) is 5.41. The monoisotopic (exact) mass is 368 g/mol. The van der Waals surface area contributed by atoms with Gasteiger partial charge >= 0.3 is 0 Å². The Labute approximate surface area is 157 Å². The van der Waals surface area contributed by atoms with Crippen LogP contribution >= 0.6 is 0 Å². The van der Waals surface area contributed by atoms with Crippen molar-refractivity contribution < 1.29 is 14.3 Å². The van der Waals surface area contributed by atoms with Gasteiger partial charge in [-0.15, -0.1) is 0 Å². The Balaban J connectivity index is 1.50. The number of allylic oxidation sites excluding steroid dienone is 1. The molecular weight excluding hydrogens is 344 g/mol. The molecule has 142 valence electrons. The van der Waals surface area contributed by atoms with Gasteiger partial charge in [0.1, 0.15) is 11.3 Å². The molecule has 3 heterocycles. The Morgan fingerprint density at radius 3 is 2.85 bits per heavy atom. The second-order valence-electron chi connectivity index (χ2n) is 7.22. The summed E-state index contributed by atoms with van der Waals surface area (Å²) in [6.07, 6.45) is 9.61. The van der Waals surface area contributed by atoms with Gasteiger partial charge in [0.25, 0.3) is 5.91 Å². The zero-order valence-electron chi connectivity index (χ0n) is 15.2. The third kappa shape index (κ3) is 3.73. The van der Waals surface area contributed by atoms with Crippen molar-refractivity contribution in [3.05, 3.63) is 47.9 Å². The van der Waals surface area contributed by atoms with Gasteiger partial charge in [0.05, 0.1) is 5.54 Å². The normalized spacial score (nSPS) is 18.9. The van der Waals surface area contributed by atoms with E-state index in [-0.39, 0.29) is 11.8 Å². The summed E-state index contributed by atoms with van der Waals surface area (Å²) in [5.74, 6) is -0.195. The standard InChI is InChI=1S/C20H24N4O3/c25-18(15-4-1-2-5-15)22-14-20(8-12-27-13-9-20)23-19(26)16-6-3-7-17-21-10-11-24(16)17/h3-4,6-7,10-11H,1-2,5,8-9,12-14H2,(H,22,25)(H,23,26). The van der Waals surface area contributed by atoms with E-state index >= 15 is 0 Å². The molecular formula is C20H24N4O3. The number of hydrogen-bond acceptors (Lipinski definition) is 4. The number of fused-ring (bicyclic) bond motifs is 1. The van der Waals surface area contributed by atoms with Crippen molar-refractivity contribution in [1.82, 2.24) is 20.0 Å². The van der Waals surface area contributed by atoms with E-state index in [1.807, 2.05) is 18.2 Å². The third-order valence-corrected chi connectivity index (χ3v) is 5.41. The van der Waals surface area contributed by atoms with Crippen LogP contribution in [-0.2, 0) is 9.53 Å². The molecule has 2 N–H and O–H groups in total.